The van der Waals surface area contributed by atoms with Crippen LogP contribution in [0.2, 0.25) is 0 Å². The third kappa shape index (κ3) is 4.56. The predicted molar refractivity (Wildman–Crippen MR) is 83.2 cm³/mol. The first-order valence-corrected chi connectivity index (χ1v) is 7.28. The molecule has 0 aliphatic heterocycles. The highest BCUT2D eigenvalue weighted by Gasteiger charge is 2.25. The molecule has 1 unspecified atom stereocenters. The summed E-state index contributed by atoms with van der Waals surface area (Å²) in [4.78, 5) is 38.5. The van der Waals surface area contributed by atoms with Gasteiger partial charge in [0.1, 0.15) is 11.7 Å². The maximum atomic E-state index is 12.3. The van der Waals surface area contributed by atoms with Gasteiger partial charge in [-0.05, 0) is 32.8 Å². The Morgan fingerprint density at radius 3 is 2.48 bits per heavy atom. The van der Waals surface area contributed by atoms with E-state index in [1.807, 2.05) is 0 Å². The molecule has 0 radical (unpaired) electrons. The summed E-state index contributed by atoms with van der Waals surface area (Å²) >= 11 is 0. The predicted octanol–water partition coefficient (Wildman–Crippen LogP) is 0.428. The van der Waals surface area contributed by atoms with E-state index in [1.165, 1.54) is 7.11 Å². The molecule has 0 aliphatic rings. The van der Waals surface area contributed by atoms with Gasteiger partial charge in [0.05, 0.1) is 12.2 Å². The molecule has 4 N–H and O–H groups in total. The van der Waals surface area contributed by atoms with Gasteiger partial charge in [0.15, 0.2) is 0 Å². The number of ether oxygens (including phenoxy) is 2. The van der Waals surface area contributed by atoms with Crippen molar-refractivity contribution in [2.75, 3.05) is 20.3 Å². The highest BCUT2D eigenvalue weighted by atomic mass is 16.5. The van der Waals surface area contributed by atoms with Crippen molar-refractivity contribution in [3.63, 3.8) is 0 Å². The van der Waals surface area contributed by atoms with Crippen LogP contribution >= 0.6 is 0 Å². The second-order valence-corrected chi connectivity index (χ2v) is 5.06. The van der Waals surface area contributed by atoms with E-state index >= 15 is 0 Å². The molecule has 128 valence electrons. The third-order valence-electron chi connectivity index (χ3n) is 3.40. The summed E-state index contributed by atoms with van der Waals surface area (Å²) in [5.41, 5.74) is 6.79. The van der Waals surface area contributed by atoms with E-state index in [1.54, 1.807) is 20.8 Å². The molecule has 0 fully saturated rings. The van der Waals surface area contributed by atoms with Gasteiger partial charge in [0, 0.05) is 19.4 Å². The highest BCUT2D eigenvalue weighted by molar-refractivity contribution is 6.01. The number of rotatable bonds is 8. The largest absolute Gasteiger partial charge is 0.462 e. The summed E-state index contributed by atoms with van der Waals surface area (Å²) in [6, 6.07) is -0.850. The SMILES string of the molecule is CCOC(=O)c1c(C)[nH]c(C(=O)NC(CCOC)C(N)=O)c1C. The smallest absolute Gasteiger partial charge is 0.340 e. The first kappa shape index (κ1) is 18.7. The molecular formula is C15H23N3O5. The van der Waals surface area contributed by atoms with E-state index in [0.29, 0.717) is 16.8 Å². The molecule has 1 atom stereocenters. The number of methoxy groups -OCH3 is 1. The van der Waals surface area contributed by atoms with Crippen molar-refractivity contribution in [3.05, 3.63) is 22.5 Å². The van der Waals surface area contributed by atoms with E-state index in [4.69, 9.17) is 15.2 Å². The number of nitrogens with one attached hydrogen (secondary N) is 2. The van der Waals surface area contributed by atoms with Gasteiger partial charge < -0.3 is 25.5 Å². The third-order valence-corrected chi connectivity index (χ3v) is 3.40. The molecule has 0 aliphatic carbocycles. The zero-order chi connectivity index (χ0) is 17.6. The van der Waals surface area contributed by atoms with Crippen LogP contribution < -0.4 is 11.1 Å². The van der Waals surface area contributed by atoms with Crippen LogP contribution in [0.15, 0.2) is 0 Å². The average molecular weight is 325 g/mol. The van der Waals surface area contributed by atoms with Crippen LogP contribution in [0.1, 0.15) is 45.4 Å². The fraction of sp³-hybridized carbons (Fsp3) is 0.533. The molecule has 0 spiro atoms. The Labute approximate surface area is 134 Å². The van der Waals surface area contributed by atoms with E-state index in [0.717, 1.165) is 0 Å². The number of esters is 1. The number of amides is 2. The quantitative estimate of drug-likeness (QED) is 0.598. The number of hydrogen-bond acceptors (Lipinski definition) is 5. The molecule has 23 heavy (non-hydrogen) atoms. The van der Waals surface area contributed by atoms with Crippen molar-refractivity contribution in [3.8, 4) is 0 Å². The summed E-state index contributed by atoms with van der Waals surface area (Å²) in [5, 5.41) is 2.54. The van der Waals surface area contributed by atoms with Gasteiger partial charge in [0.2, 0.25) is 5.91 Å². The number of aryl methyl sites for hydroxylation is 1. The molecule has 0 saturated carbocycles. The lowest BCUT2D eigenvalue weighted by Gasteiger charge is -2.14. The Morgan fingerprint density at radius 2 is 1.96 bits per heavy atom. The summed E-state index contributed by atoms with van der Waals surface area (Å²) in [5.74, 6) is -1.66. The molecule has 2 amide bonds. The number of H-pyrrole nitrogens is 1. The van der Waals surface area contributed by atoms with Gasteiger partial charge in [-0.3, -0.25) is 9.59 Å². The van der Waals surface area contributed by atoms with Crippen molar-refractivity contribution in [1.29, 1.82) is 0 Å². The molecule has 1 heterocycles. The number of carbonyl (C=O) groups is 3. The van der Waals surface area contributed by atoms with Crippen molar-refractivity contribution in [2.24, 2.45) is 5.73 Å². The topological polar surface area (TPSA) is 124 Å². The minimum atomic E-state index is -0.850. The second kappa shape index (κ2) is 8.33. The van der Waals surface area contributed by atoms with Crippen LogP contribution in [-0.4, -0.2) is 49.1 Å². The zero-order valence-corrected chi connectivity index (χ0v) is 13.8. The van der Waals surface area contributed by atoms with Gasteiger partial charge in [-0.2, -0.15) is 0 Å². The Bertz CT molecular complexity index is 594. The van der Waals surface area contributed by atoms with Crippen LogP contribution in [0.25, 0.3) is 0 Å². The number of carbonyl (C=O) groups excluding carboxylic acids is 3. The summed E-state index contributed by atoms with van der Waals surface area (Å²) in [6.45, 7) is 5.54. The Kier molecular flexibility index (Phi) is 6.77. The normalized spacial score (nSPS) is 11.8. The molecular weight excluding hydrogens is 302 g/mol. The Balaban J connectivity index is 2.98. The van der Waals surface area contributed by atoms with Crippen molar-refractivity contribution < 1.29 is 23.9 Å². The number of aromatic nitrogens is 1. The minimum Gasteiger partial charge on any atom is -0.462 e. The number of primary amides is 1. The average Bonchev–Trinajstić information content (AvgIpc) is 2.78. The fourth-order valence-electron chi connectivity index (χ4n) is 2.24. The maximum Gasteiger partial charge on any atom is 0.340 e. The number of nitrogens with two attached hydrogens (primary N) is 1. The van der Waals surface area contributed by atoms with Crippen LogP contribution in [0.3, 0.4) is 0 Å². The Hall–Kier alpha value is -2.35. The minimum absolute atomic E-state index is 0.203. The van der Waals surface area contributed by atoms with Gasteiger partial charge in [-0.1, -0.05) is 0 Å². The van der Waals surface area contributed by atoms with Gasteiger partial charge >= 0.3 is 5.97 Å². The zero-order valence-electron chi connectivity index (χ0n) is 13.8. The van der Waals surface area contributed by atoms with Crippen molar-refractivity contribution >= 4 is 17.8 Å². The van der Waals surface area contributed by atoms with Crippen molar-refractivity contribution in [2.45, 2.75) is 33.2 Å². The van der Waals surface area contributed by atoms with Gasteiger partial charge in [0.25, 0.3) is 5.91 Å². The lowest BCUT2D eigenvalue weighted by Crippen LogP contribution is -2.45. The maximum absolute atomic E-state index is 12.3. The fourth-order valence-corrected chi connectivity index (χ4v) is 2.24. The van der Waals surface area contributed by atoms with E-state index in [2.05, 4.69) is 10.3 Å². The molecule has 1 aromatic heterocycles. The molecule has 8 nitrogen and oxygen atoms in total. The van der Waals surface area contributed by atoms with Crippen LogP contribution in [0.5, 0.6) is 0 Å². The summed E-state index contributed by atoms with van der Waals surface area (Å²) < 4.78 is 9.86. The Morgan fingerprint density at radius 1 is 1.30 bits per heavy atom. The first-order chi connectivity index (χ1) is 10.8. The molecule has 8 heteroatoms. The van der Waals surface area contributed by atoms with E-state index < -0.39 is 23.8 Å². The van der Waals surface area contributed by atoms with E-state index in [-0.39, 0.29) is 25.3 Å². The monoisotopic (exact) mass is 325 g/mol. The molecule has 1 aromatic rings. The summed E-state index contributed by atoms with van der Waals surface area (Å²) in [7, 11) is 1.49. The van der Waals surface area contributed by atoms with E-state index in [9.17, 15) is 14.4 Å². The lowest BCUT2D eigenvalue weighted by molar-refractivity contribution is -0.120. The molecule has 0 aromatic carbocycles. The lowest BCUT2D eigenvalue weighted by atomic mass is 10.1. The standard InChI is InChI=1S/C15H23N3O5/c1-5-23-15(21)11-8(2)12(17-9(11)3)14(20)18-10(13(16)19)6-7-22-4/h10,17H,5-7H2,1-4H3,(H2,16,19)(H,18,20). The van der Waals surface area contributed by atoms with Crippen LogP contribution in [0.4, 0.5) is 0 Å². The number of hydrogen-bond donors (Lipinski definition) is 3. The second-order valence-electron chi connectivity index (χ2n) is 5.06. The molecule has 0 bridgehead atoms. The molecule has 1 rings (SSSR count). The first-order valence-electron chi connectivity index (χ1n) is 7.28. The highest BCUT2D eigenvalue weighted by Crippen LogP contribution is 2.19. The van der Waals surface area contributed by atoms with Gasteiger partial charge in [-0.15, -0.1) is 0 Å². The molecule has 0 saturated heterocycles. The van der Waals surface area contributed by atoms with Crippen LogP contribution in [-0.2, 0) is 14.3 Å². The van der Waals surface area contributed by atoms with Crippen LogP contribution in [0, 0.1) is 13.8 Å². The van der Waals surface area contributed by atoms with Gasteiger partial charge in [-0.25, -0.2) is 4.79 Å². The number of aromatic amines is 1. The summed E-state index contributed by atoms with van der Waals surface area (Å²) in [6.07, 6.45) is 0.265. The van der Waals surface area contributed by atoms with Crippen molar-refractivity contribution in [1.82, 2.24) is 10.3 Å².